The summed E-state index contributed by atoms with van der Waals surface area (Å²) in [4.78, 5) is 14.4. The molecule has 10 rings (SSSR count). The van der Waals surface area contributed by atoms with E-state index in [-0.39, 0.29) is 0 Å². The third kappa shape index (κ3) is 5.36. The summed E-state index contributed by atoms with van der Waals surface area (Å²) in [6.07, 6.45) is 0. The molecule has 0 aliphatic rings. The topological polar surface area (TPSA) is 72.3 Å². The summed E-state index contributed by atoms with van der Waals surface area (Å²) in [5, 5.41) is 15.6. The van der Waals surface area contributed by atoms with Gasteiger partial charge in [0.1, 0.15) is 17.7 Å². The van der Waals surface area contributed by atoms with Gasteiger partial charge in [0, 0.05) is 27.1 Å². The van der Waals surface area contributed by atoms with E-state index in [1.807, 2.05) is 19.9 Å². The summed E-state index contributed by atoms with van der Waals surface area (Å²) in [5.74, 6) is 1.82. The highest BCUT2D eigenvalue weighted by atomic mass is 15.1. The number of para-hydroxylation sites is 2. The van der Waals surface area contributed by atoms with Crippen LogP contribution < -0.4 is 0 Å². The van der Waals surface area contributed by atoms with Crippen molar-refractivity contribution in [3.05, 3.63) is 174 Å². The molecule has 10 aromatic rings. The zero-order valence-electron chi connectivity index (χ0n) is 31.5. The molecule has 0 unspecified atom stereocenters. The Labute approximate surface area is 324 Å². The second kappa shape index (κ2) is 12.9. The Morgan fingerprint density at radius 3 is 1.43 bits per heavy atom. The zero-order valence-corrected chi connectivity index (χ0v) is 31.5. The number of nitriles is 1. The zero-order chi connectivity index (χ0) is 38.1. The number of benzene rings is 7. The predicted octanol–water partition coefficient (Wildman–Crippen LogP) is 12.2. The number of rotatable bonds is 5. The number of hydrogen-bond donors (Lipinski definition) is 0. The van der Waals surface area contributed by atoms with Crippen molar-refractivity contribution in [3.63, 3.8) is 0 Å². The molecule has 266 valence electrons. The van der Waals surface area contributed by atoms with Crippen molar-refractivity contribution < 1.29 is 0 Å². The Bertz CT molecular complexity index is 3250. The normalized spacial score (nSPS) is 11.6. The second-order valence-corrected chi connectivity index (χ2v) is 14.7. The molecule has 7 aromatic carbocycles. The molecule has 0 saturated heterocycles. The fourth-order valence-corrected chi connectivity index (χ4v) is 8.42. The summed E-state index contributed by atoms with van der Waals surface area (Å²) in [6.45, 7) is 8.04. The molecule has 3 heterocycles. The Hall–Kier alpha value is -7.36. The minimum atomic E-state index is 0.538. The van der Waals surface area contributed by atoms with Crippen molar-refractivity contribution in [2.75, 3.05) is 0 Å². The maximum Gasteiger partial charge on any atom is 0.165 e. The number of fused-ring (bicyclic) bond motifs is 6. The first kappa shape index (κ1) is 33.2. The van der Waals surface area contributed by atoms with Crippen molar-refractivity contribution in [2.24, 2.45) is 0 Å². The van der Waals surface area contributed by atoms with E-state index in [0.717, 1.165) is 82.8 Å². The van der Waals surface area contributed by atoms with Crippen LogP contribution in [-0.2, 0) is 0 Å². The van der Waals surface area contributed by atoms with Crippen molar-refractivity contribution in [2.45, 2.75) is 27.7 Å². The maximum absolute atomic E-state index is 11.1. The predicted molar refractivity (Wildman–Crippen MR) is 228 cm³/mol. The first-order valence-corrected chi connectivity index (χ1v) is 18.8. The Kier molecular flexibility index (Phi) is 7.65. The molecule has 6 heteroatoms. The summed E-state index contributed by atoms with van der Waals surface area (Å²) < 4.78 is 4.51. The van der Waals surface area contributed by atoms with Gasteiger partial charge in [-0.25, -0.2) is 15.0 Å². The molecule has 0 radical (unpaired) electrons. The van der Waals surface area contributed by atoms with Crippen molar-refractivity contribution in [1.82, 2.24) is 24.1 Å². The van der Waals surface area contributed by atoms with Gasteiger partial charge in [-0.2, -0.15) is 5.26 Å². The molecule has 0 atom stereocenters. The third-order valence-corrected chi connectivity index (χ3v) is 10.9. The van der Waals surface area contributed by atoms with Gasteiger partial charge in [-0.1, -0.05) is 120 Å². The maximum atomic E-state index is 11.1. The first-order chi connectivity index (χ1) is 27.3. The van der Waals surface area contributed by atoms with Crippen LogP contribution in [0.4, 0.5) is 0 Å². The lowest BCUT2D eigenvalue weighted by Crippen LogP contribution is -2.07. The molecule has 0 aliphatic heterocycles. The average Bonchev–Trinajstić information content (AvgIpc) is 3.72. The molecule has 0 spiro atoms. The molecule has 6 nitrogen and oxygen atoms in total. The van der Waals surface area contributed by atoms with Gasteiger partial charge >= 0.3 is 0 Å². The van der Waals surface area contributed by atoms with Crippen molar-refractivity contribution >= 4 is 43.6 Å². The van der Waals surface area contributed by atoms with Crippen LogP contribution in [0.1, 0.15) is 28.3 Å². The summed E-state index contributed by atoms with van der Waals surface area (Å²) in [7, 11) is 0. The lowest BCUT2D eigenvalue weighted by molar-refractivity contribution is 0.926. The fraction of sp³-hybridized carbons (Fsp3) is 0.0800. The highest BCUT2D eigenvalue weighted by Gasteiger charge is 2.23. The van der Waals surface area contributed by atoms with Crippen LogP contribution in [-0.4, -0.2) is 24.1 Å². The van der Waals surface area contributed by atoms with Crippen molar-refractivity contribution in [3.8, 4) is 51.1 Å². The summed E-state index contributed by atoms with van der Waals surface area (Å²) in [5.41, 5.74) is 14.0. The Morgan fingerprint density at radius 2 is 0.911 bits per heavy atom. The van der Waals surface area contributed by atoms with Gasteiger partial charge in [-0.15, -0.1) is 0 Å². The third-order valence-electron chi connectivity index (χ3n) is 10.9. The molecular formula is C50H36N6. The van der Waals surface area contributed by atoms with Gasteiger partial charge < -0.3 is 9.13 Å². The molecule has 0 bridgehead atoms. The summed E-state index contributed by atoms with van der Waals surface area (Å²) in [6, 6.07) is 54.1. The minimum absolute atomic E-state index is 0.538. The molecule has 0 aliphatic carbocycles. The van der Waals surface area contributed by atoms with E-state index >= 15 is 0 Å². The Morgan fingerprint density at radius 1 is 0.429 bits per heavy atom. The molecule has 56 heavy (non-hydrogen) atoms. The number of aryl methyl sites for hydroxylation is 4. The lowest BCUT2D eigenvalue weighted by Gasteiger charge is -2.18. The summed E-state index contributed by atoms with van der Waals surface area (Å²) >= 11 is 0. The number of aromatic nitrogens is 5. The molecule has 3 aromatic heterocycles. The molecule has 0 fully saturated rings. The van der Waals surface area contributed by atoms with Crippen molar-refractivity contribution in [1.29, 1.82) is 5.26 Å². The largest absolute Gasteiger partial charge is 0.308 e. The molecule has 0 N–H and O–H groups in total. The molecular weight excluding hydrogens is 685 g/mol. The van der Waals surface area contributed by atoms with E-state index in [2.05, 4.69) is 174 Å². The van der Waals surface area contributed by atoms with E-state index in [1.165, 1.54) is 11.1 Å². The highest BCUT2D eigenvalue weighted by molar-refractivity contribution is 6.12. The van der Waals surface area contributed by atoms with Gasteiger partial charge in [0.2, 0.25) is 0 Å². The van der Waals surface area contributed by atoms with Crippen LogP contribution in [0, 0.1) is 39.0 Å². The molecule has 0 amide bonds. The van der Waals surface area contributed by atoms with Gasteiger partial charge in [0.15, 0.2) is 5.82 Å². The van der Waals surface area contributed by atoms with E-state index < -0.39 is 0 Å². The Balaban J connectivity index is 1.32. The number of hydrogen-bond acceptors (Lipinski definition) is 4. The SMILES string of the molecule is Cc1cccc(-c2ccc3c4ccccc4n(-c4cc(-c5nc(C)nc(C)n5)c(-n5c6ccccc6c6ccc(-c7cccc(C)c7)cc65)cc4C#N)c3c2)c1. The molecule has 0 saturated carbocycles. The van der Waals surface area contributed by atoms with Crippen LogP contribution >= 0.6 is 0 Å². The lowest BCUT2D eigenvalue weighted by atomic mass is 10.0. The van der Waals surface area contributed by atoms with Crippen LogP contribution in [0.15, 0.2) is 146 Å². The van der Waals surface area contributed by atoms with Crippen LogP contribution in [0.5, 0.6) is 0 Å². The quantitative estimate of drug-likeness (QED) is 0.177. The average molecular weight is 721 g/mol. The fourth-order valence-electron chi connectivity index (χ4n) is 8.42. The number of nitrogens with zero attached hydrogens (tertiary/aromatic N) is 6. The van der Waals surface area contributed by atoms with E-state index in [1.54, 1.807) is 0 Å². The smallest absolute Gasteiger partial charge is 0.165 e. The van der Waals surface area contributed by atoms with Gasteiger partial charge in [-0.3, -0.25) is 0 Å². The highest BCUT2D eigenvalue weighted by Crippen LogP contribution is 2.41. The van der Waals surface area contributed by atoms with Crippen LogP contribution in [0.2, 0.25) is 0 Å². The second-order valence-electron chi connectivity index (χ2n) is 14.7. The van der Waals surface area contributed by atoms with Gasteiger partial charge in [0.05, 0.1) is 39.0 Å². The minimum Gasteiger partial charge on any atom is -0.308 e. The van der Waals surface area contributed by atoms with Gasteiger partial charge in [-0.05, 0) is 86.3 Å². The van der Waals surface area contributed by atoms with Crippen LogP contribution in [0.3, 0.4) is 0 Å². The van der Waals surface area contributed by atoms with E-state index in [4.69, 9.17) is 9.97 Å². The van der Waals surface area contributed by atoms with E-state index in [0.29, 0.717) is 23.0 Å². The van der Waals surface area contributed by atoms with Crippen LogP contribution in [0.25, 0.3) is 88.6 Å². The van der Waals surface area contributed by atoms with E-state index in [9.17, 15) is 5.26 Å². The standard InChI is InChI=1S/C50H36N6/c1-30-11-9-13-34(23-30)36-19-21-41-39-15-5-7-17-44(39)55(47(41)25-36)46-28-43(50-53-32(3)52-33(4)54-50)49(27-38(46)29-51)56-45-18-8-6-16-40(45)42-22-20-37(26-48(42)56)35-14-10-12-31(2)24-35/h5-28H,1-4H3. The van der Waals surface area contributed by atoms with Gasteiger partial charge in [0.25, 0.3) is 0 Å². The first-order valence-electron chi connectivity index (χ1n) is 18.8. The monoisotopic (exact) mass is 720 g/mol.